The van der Waals surface area contributed by atoms with Crippen molar-refractivity contribution >= 4 is 11.5 Å². The Morgan fingerprint density at radius 2 is 1.91 bits per heavy atom. The zero-order chi connectivity index (χ0) is 22.6. The van der Waals surface area contributed by atoms with Crippen molar-refractivity contribution in [1.82, 2.24) is 10.3 Å². The van der Waals surface area contributed by atoms with Crippen LogP contribution in [0.4, 0.5) is 20.3 Å². The molecular formula is C25H34F2N4O. The highest BCUT2D eigenvalue weighted by molar-refractivity contribution is 5.70. The first-order chi connectivity index (χ1) is 15.4. The molecule has 2 aromatic rings. The lowest BCUT2D eigenvalue weighted by Gasteiger charge is -2.31. The molecule has 0 aliphatic heterocycles. The average molecular weight is 445 g/mol. The predicted molar refractivity (Wildman–Crippen MR) is 125 cm³/mol. The molecule has 1 aromatic carbocycles. The molecule has 5 nitrogen and oxygen atoms in total. The van der Waals surface area contributed by atoms with E-state index in [1.165, 1.54) is 6.20 Å². The number of aromatic nitrogens is 1. The number of methoxy groups -OCH3 is 1. The van der Waals surface area contributed by atoms with Crippen LogP contribution in [0.25, 0.3) is 11.1 Å². The summed E-state index contributed by atoms with van der Waals surface area (Å²) in [5.74, 6) is 0.321. The third-order valence-electron chi connectivity index (χ3n) is 6.45. The first-order valence-electron chi connectivity index (χ1n) is 11.6. The van der Waals surface area contributed by atoms with E-state index in [0.717, 1.165) is 36.9 Å². The van der Waals surface area contributed by atoms with Gasteiger partial charge in [-0.25, -0.2) is 13.8 Å². The topological polar surface area (TPSA) is 58.2 Å². The van der Waals surface area contributed by atoms with Gasteiger partial charge in [0.2, 0.25) is 0 Å². The molecule has 0 radical (unpaired) electrons. The van der Waals surface area contributed by atoms with Crippen LogP contribution in [0.15, 0.2) is 36.5 Å². The van der Waals surface area contributed by atoms with Gasteiger partial charge in [-0.15, -0.1) is 0 Å². The van der Waals surface area contributed by atoms with E-state index < -0.39 is 5.67 Å². The highest BCUT2D eigenvalue weighted by atomic mass is 19.1. The van der Waals surface area contributed by atoms with Crippen LogP contribution in [-0.4, -0.2) is 49.0 Å². The minimum Gasteiger partial charge on any atom is -0.383 e. The van der Waals surface area contributed by atoms with Crippen LogP contribution >= 0.6 is 0 Å². The van der Waals surface area contributed by atoms with Crippen molar-refractivity contribution in [3.8, 4) is 11.1 Å². The highest BCUT2D eigenvalue weighted by Crippen LogP contribution is 2.39. The van der Waals surface area contributed by atoms with Crippen molar-refractivity contribution in [2.75, 3.05) is 30.9 Å². The molecule has 0 saturated heterocycles. The monoisotopic (exact) mass is 444 g/mol. The molecule has 0 unspecified atom stereocenters. The number of nitrogens with zero attached hydrogens (tertiary/aromatic N) is 1. The van der Waals surface area contributed by atoms with Crippen molar-refractivity contribution < 1.29 is 13.5 Å². The van der Waals surface area contributed by atoms with E-state index in [4.69, 9.17) is 4.74 Å². The van der Waals surface area contributed by atoms with Gasteiger partial charge in [-0.3, -0.25) is 0 Å². The molecule has 2 saturated carbocycles. The van der Waals surface area contributed by atoms with Crippen molar-refractivity contribution in [2.45, 2.75) is 69.2 Å². The summed E-state index contributed by atoms with van der Waals surface area (Å²) in [6.07, 6.45) is 6.74. The number of nitrogens with one attached hydrogen (secondary N) is 3. The van der Waals surface area contributed by atoms with Gasteiger partial charge in [0.25, 0.3) is 0 Å². The van der Waals surface area contributed by atoms with Gasteiger partial charge in [-0.2, -0.15) is 0 Å². The number of pyridine rings is 1. The third-order valence-corrected chi connectivity index (χ3v) is 6.45. The standard InChI is InChI=1S/C25H34F2N4O/c1-17(15-32-2)30-19-6-8-20(9-7-19)31-24-13-22(23(26)14-28-24)18-4-3-5-21(12-18)29-16-25(27)10-11-25/h3-5,12-14,17,19-20,29-30H,6-11,15-16H2,1-2H3,(H,28,31)/t17-,19?,20?/m1/s1. The second-order valence-corrected chi connectivity index (χ2v) is 9.35. The Balaban J connectivity index is 1.36. The molecule has 0 spiro atoms. The van der Waals surface area contributed by atoms with E-state index in [1.807, 2.05) is 24.3 Å². The largest absolute Gasteiger partial charge is 0.383 e. The van der Waals surface area contributed by atoms with E-state index in [2.05, 4.69) is 27.9 Å². The lowest BCUT2D eigenvalue weighted by atomic mass is 9.90. The van der Waals surface area contributed by atoms with Crippen LogP contribution in [0.5, 0.6) is 0 Å². The minimum atomic E-state index is -1.08. The first-order valence-corrected chi connectivity index (χ1v) is 11.6. The van der Waals surface area contributed by atoms with Crippen LogP contribution in [-0.2, 0) is 4.74 Å². The molecular weight excluding hydrogens is 410 g/mol. The van der Waals surface area contributed by atoms with Crippen molar-refractivity contribution in [3.05, 3.63) is 42.3 Å². The molecule has 1 aromatic heterocycles. The summed E-state index contributed by atoms with van der Waals surface area (Å²) >= 11 is 0. The van der Waals surface area contributed by atoms with E-state index >= 15 is 0 Å². The Morgan fingerprint density at radius 1 is 1.16 bits per heavy atom. The third kappa shape index (κ3) is 6.17. The second kappa shape index (κ2) is 10.1. The lowest BCUT2D eigenvalue weighted by Crippen LogP contribution is -2.42. The quantitative estimate of drug-likeness (QED) is 0.473. The van der Waals surface area contributed by atoms with Crippen LogP contribution in [0.2, 0.25) is 0 Å². The molecule has 32 heavy (non-hydrogen) atoms. The van der Waals surface area contributed by atoms with Gasteiger partial charge in [0, 0.05) is 43.0 Å². The van der Waals surface area contributed by atoms with E-state index in [9.17, 15) is 8.78 Å². The minimum absolute atomic E-state index is 0.296. The molecule has 2 fully saturated rings. The van der Waals surface area contributed by atoms with Gasteiger partial charge < -0.3 is 20.7 Å². The van der Waals surface area contributed by atoms with E-state index in [1.54, 1.807) is 13.2 Å². The van der Waals surface area contributed by atoms with Gasteiger partial charge in [0.15, 0.2) is 0 Å². The van der Waals surface area contributed by atoms with Gasteiger partial charge >= 0.3 is 0 Å². The van der Waals surface area contributed by atoms with Crippen LogP contribution in [0, 0.1) is 5.82 Å². The number of benzene rings is 1. The molecule has 7 heteroatoms. The molecule has 2 aliphatic carbocycles. The van der Waals surface area contributed by atoms with Crippen LogP contribution in [0.3, 0.4) is 0 Å². The Kier molecular flexibility index (Phi) is 7.26. The summed E-state index contributed by atoms with van der Waals surface area (Å²) in [7, 11) is 1.73. The molecule has 0 bridgehead atoms. The Morgan fingerprint density at radius 3 is 2.62 bits per heavy atom. The molecule has 4 rings (SSSR count). The highest BCUT2D eigenvalue weighted by Gasteiger charge is 2.42. The van der Waals surface area contributed by atoms with Crippen LogP contribution < -0.4 is 16.0 Å². The van der Waals surface area contributed by atoms with Crippen LogP contribution in [0.1, 0.15) is 45.4 Å². The average Bonchev–Trinajstić information content (AvgIpc) is 3.53. The maximum Gasteiger partial charge on any atom is 0.149 e. The lowest BCUT2D eigenvalue weighted by molar-refractivity contribution is 0.161. The molecule has 1 heterocycles. The fourth-order valence-corrected chi connectivity index (χ4v) is 4.42. The smallest absolute Gasteiger partial charge is 0.149 e. The number of hydrogen-bond acceptors (Lipinski definition) is 5. The van der Waals surface area contributed by atoms with E-state index in [-0.39, 0.29) is 5.82 Å². The Bertz CT molecular complexity index is 897. The molecule has 0 amide bonds. The Labute approximate surface area is 189 Å². The summed E-state index contributed by atoms with van der Waals surface area (Å²) in [6, 6.07) is 10.4. The molecule has 2 aliphatic rings. The number of halogens is 2. The summed E-state index contributed by atoms with van der Waals surface area (Å²) in [6.45, 7) is 3.15. The number of hydrogen-bond donors (Lipinski definition) is 3. The van der Waals surface area contributed by atoms with Crippen molar-refractivity contribution in [1.29, 1.82) is 0 Å². The summed E-state index contributed by atoms with van der Waals surface area (Å²) < 4.78 is 33.7. The molecule has 1 atom stereocenters. The first kappa shape index (κ1) is 22.9. The Hall–Kier alpha value is -2.25. The zero-order valence-electron chi connectivity index (χ0n) is 19.0. The van der Waals surface area contributed by atoms with Gasteiger partial charge in [0.1, 0.15) is 17.3 Å². The summed E-state index contributed by atoms with van der Waals surface area (Å²) in [5, 5.41) is 10.3. The van der Waals surface area contributed by atoms with E-state index in [0.29, 0.717) is 55.5 Å². The second-order valence-electron chi connectivity index (χ2n) is 9.35. The predicted octanol–water partition coefficient (Wildman–Crippen LogP) is 5.15. The van der Waals surface area contributed by atoms with Gasteiger partial charge in [-0.1, -0.05) is 12.1 Å². The fourth-order valence-electron chi connectivity index (χ4n) is 4.42. The number of anilines is 2. The van der Waals surface area contributed by atoms with Gasteiger partial charge in [-0.05, 0) is 69.2 Å². The summed E-state index contributed by atoms with van der Waals surface area (Å²) in [5.41, 5.74) is 0.967. The molecule has 174 valence electrons. The van der Waals surface area contributed by atoms with Crippen molar-refractivity contribution in [3.63, 3.8) is 0 Å². The fraction of sp³-hybridized carbons (Fsp3) is 0.560. The number of alkyl halides is 1. The number of rotatable bonds is 10. The van der Waals surface area contributed by atoms with Crippen molar-refractivity contribution in [2.24, 2.45) is 0 Å². The number of ether oxygens (including phenoxy) is 1. The zero-order valence-corrected chi connectivity index (χ0v) is 19.0. The summed E-state index contributed by atoms with van der Waals surface area (Å²) in [4.78, 5) is 4.27. The molecule has 3 N–H and O–H groups in total. The SMILES string of the molecule is COC[C@@H](C)NC1CCC(Nc2cc(-c3cccc(NCC4(F)CC4)c3)c(F)cn2)CC1. The van der Waals surface area contributed by atoms with Gasteiger partial charge in [0.05, 0.1) is 12.8 Å². The maximum absolute atomic E-state index is 14.6. The normalized spacial score (nSPS) is 22.9. The maximum atomic E-state index is 14.6.